The van der Waals surface area contributed by atoms with E-state index in [-0.39, 0.29) is 6.61 Å². The Balaban J connectivity index is 2.82. The Labute approximate surface area is 114 Å². The summed E-state index contributed by atoms with van der Waals surface area (Å²) in [7, 11) is 1.51. The van der Waals surface area contributed by atoms with Crippen molar-refractivity contribution >= 4 is 12.1 Å². The van der Waals surface area contributed by atoms with Crippen molar-refractivity contribution in [2.24, 2.45) is 0 Å². The van der Waals surface area contributed by atoms with E-state index in [1.54, 1.807) is 27.7 Å². The normalized spacial score (nSPS) is 23.3. The number of carbonyl (C=O) groups is 2. The molecule has 0 aliphatic carbocycles. The summed E-state index contributed by atoms with van der Waals surface area (Å²) in [5.41, 5.74) is -0.614. The molecule has 6 nitrogen and oxygen atoms in total. The number of hydrogen-bond donors (Lipinski definition) is 0. The predicted molar refractivity (Wildman–Crippen MR) is 68.5 cm³/mol. The van der Waals surface area contributed by atoms with Crippen LogP contribution in [-0.4, -0.2) is 48.5 Å². The number of esters is 1. The van der Waals surface area contributed by atoms with Crippen LogP contribution >= 0.6 is 0 Å². The second-order valence-electron chi connectivity index (χ2n) is 5.42. The average molecular weight is 273 g/mol. The van der Waals surface area contributed by atoms with Crippen LogP contribution in [0.25, 0.3) is 0 Å². The Morgan fingerprint density at radius 3 is 2.37 bits per heavy atom. The fourth-order valence-electron chi connectivity index (χ4n) is 2.04. The second-order valence-corrected chi connectivity index (χ2v) is 5.42. The molecule has 1 heterocycles. The summed E-state index contributed by atoms with van der Waals surface area (Å²) in [5.74, 6) is -0.409. The van der Waals surface area contributed by atoms with Crippen molar-refractivity contribution in [3.8, 4) is 0 Å². The highest BCUT2D eigenvalue weighted by Crippen LogP contribution is 2.27. The Hall–Kier alpha value is -1.30. The standard InChI is InChI=1S/C13H23NO5/c1-6-18-11(15)9-7-8-10(17-5)14(9)12(16)19-13(2,3)4/h9-10H,6-8H2,1-5H3/t9-,10+/m0/s1. The summed E-state index contributed by atoms with van der Waals surface area (Å²) in [4.78, 5) is 25.4. The van der Waals surface area contributed by atoms with Crippen LogP contribution in [0.4, 0.5) is 4.79 Å². The Kier molecular flexibility index (Phi) is 5.17. The molecule has 0 saturated carbocycles. The van der Waals surface area contributed by atoms with E-state index < -0.39 is 29.9 Å². The van der Waals surface area contributed by atoms with Gasteiger partial charge in [0.25, 0.3) is 0 Å². The molecule has 0 unspecified atom stereocenters. The molecule has 0 N–H and O–H groups in total. The molecule has 110 valence electrons. The van der Waals surface area contributed by atoms with Gasteiger partial charge in [0.15, 0.2) is 0 Å². The van der Waals surface area contributed by atoms with Crippen molar-refractivity contribution in [2.75, 3.05) is 13.7 Å². The molecule has 1 saturated heterocycles. The third kappa shape index (κ3) is 4.09. The van der Waals surface area contributed by atoms with E-state index in [9.17, 15) is 9.59 Å². The highest BCUT2D eigenvalue weighted by Gasteiger charge is 2.43. The minimum atomic E-state index is -0.625. The first-order chi connectivity index (χ1) is 8.80. The number of carbonyl (C=O) groups excluding carboxylic acids is 2. The number of ether oxygens (including phenoxy) is 3. The van der Waals surface area contributed by atoms with E-state index in [0.717, 1.165) is 0 Å². The van der Waals surface area contributed by atoms with Gasteiger partial charge in [0.2, 0.25) is 0 Å². The number of hydrogen-bond acceptors (Lipinski definition) is 5. The van der Waals surface area contributed by atoms with Crippen LogP contribution in [0.3, 0.4) is 0 Å². The second kappa shape index (κ2) is 6.23. The van der Waals surface area contributed by atoms with Gasteiger partial charge in [-0.2, -0.15) is 0 Å². The van der Waals surface area contributed by atoms with E-state index in [1.165, 1.54) is 12.0 Å². The highest BCUT2D eigenvalue weighted by molar-refractivity contribution is 5.82. The Morgan fingerprint density at radius 2 is 1.89 bits per heavy atom. The lowest BCUT2D eigenvalue weighted by Gasteiger charge is -2.30. The predicted octanol–water partition coefficient (Wildman–Crippen LogP) is 1.92. The van der Waals surface area contributed by atoms with Gasteiger partial charge in [-0.15, -0.1) is 0 Å². The monoisotopic (exact) mass is 273 g/mol. The van der Waals surface area contributed by atoms with Crippen LogP contribution in [0.1, 0.15) is 40.5 Å². The summed E-state index contributed by atoms with van der Waals surface area (Å²) in [5, 5.41) is 0. The van der Waals surface area contributed by atoms with E-state index >= 15 is 0 Å². The molecule has 0 aromatic rings. The van der Waals surface area contributed by atoms with Crippen molar-refractivity contribution < 1.29 is 23.8 Å². The van der Waals surface area contributed by atoms with Gasteiger partial charge >= 0.3 is 12.1 Å². The maximum atomic E-state index is 12.2. The minimum Gasteiger partial charge on any atom is -0.464 e. The summed E-state index contributed by atoms with van der Waals surface area (Å²) in [6, 6.07) is -0.625. The van der Waals surface area contributed by atoms with Crippen LogP contribution in [0.5, 0.6) is 0 Å². The zero-order valence-electron chi connectivity index (χ0n) is 12.3. The fourth-order valence-corrected chi connectivity index (χ4v) is 2.04. The summed E-state index contributed by atoms with van der Waals surface area (Å²) >= 11 is 0. The molecular weight excluding hydrogens is 250 g/mol. The van der Waals surface area contributed by atoms with Crippen LogP contribution in [0, 0.1) is 0 Å². The third-order valence-corrected chi connectivity index (χ3v) is 2.77. The average Bonchev–Trinajstić information content (AvgIpc) is 2.70. The molecule has 6 heteroatoms. The SMILES string of the molecule is CCOC(=O)[C@@H]1CC[C@@H](OC)N1C(=O)OC(C)(C)C. The smallest absolute Gasteiger partial charge is 0.413 e. The van der Waals surface area contributed by atoms with Crippen LogP contribution in [0.2, 0.25) is 0 Å². The first-order valence-corrected chi connectivity index (χ1v) is 6.51. The lowest BCUT2D eigenvalue weighted by Crippen LogP contribution is -2.48. The molecule has 0 radical (unpaired) electrons. The molecule has 2 atom stereocenters. The van der Waals surface area contributed by atoms with Crippen LogP contribution < -0.4 is 0 Å². The molecule has 0 spiro atoms. The molecule has 1 rings (SSSR count). The van der Waals surface area contributed by atoms with E-state index in [2.05, 4.69) is 0 Å². The van der Waals surface area contributed by atoms with Crippen molar-refractivity contribution in [1.29, 1.82) is 0 Å². The lowest BCUT2D eigenvalue weighted by atomic mass is 10.2. The third-order valence-electron chi connectivity index (χ3n) is 2.77. The Bertz CT molecular complexity index is 336. The lowest BCUT2D eigenvalue weighted by molar-refractivity contribution is -0.150. The molecule has 19 heavy (non-hydrogen) atoms. The fraction of sp³-hybridized carbons (Fsp3) is 0.846. The van der Waals surface area contributed by atoms with E-state index in [4.69, 9.17) is 14.2 Å². The van der Waals surface area contributed by atoms with Gasteiger partial charge in [0.05, 0.1) is 6.61 Å². The van der Waals surface area contributed by atoms with Crippen LogP contribution in [-0.2, 0) is 19.0 Å². The first kappa shape index (κ1) is 15.8. The van der Waals surface area contributed by atoms with Crippen LogP contribution in [0.15, 0.2) is 0 Å². The molecule has 0 aromatic carbocycles. The molecule has 0 bridgehead atoms. The van der Waals surface area contributed by atoms with Gasteiger partial charge in [-0.05, 0) is 40.5 Å². The van der Waals surface area contributed by atoms with Gasteiger partial charge in [-0.25, -0.2) is 9.59 Å². The molecule has 0 aromatic heterocycles. The maximum absolute atomic E-state index is 12.2. The number of methoxy groups -OCH3 is 1. The number of rotatable bonds is 3. The quantitative estimate of drug-likeness (QED) is 0.735. The highest BCUT2D eigenvalue weighted by atomic mass is 16.6. The number of likely N-dealkylation sites (tertiary alicyclic amines) is 1. The van der Waals surface area contributed by atoms with Gasteiger partial charge < -0.3 is 14.2 Å². The van der Waals surface area contributed by atoms with Gasteiger partial charge in [0.1, 0.15) is 17.9 Å². The molecule has 1 aliphatic heterocycles. The molecular formula is C13H23NO5. The topological polar surface area (TPSA) is 65.1 Å². The Morgan fingerprint density at radius 1 is 1.26 bits per heavy atom. The minimum absolute atomic E-state index is 0.287. The van der Waals surface area contributed by atoms with Crippen molar-refractivity contribution in [3.63, 3.8) is 0 Å². The van der Waals surface area contributed by atoms with Crippen molar-refractivity contribution in [2.45, 2.75) is 58.4 Å². The van der Waals surface area contributed by atoms with E-state index in [1.807, 2.05) is 0 Å². The molecule has 1 aliphatic rings. The van der Waals surface area contributed by atoms with Gasteiger partial charge in [0, 0.05) is 7.11 Å². The van der Waals surface area contributed by atoms with Gasteiger partial charge in [-0.1, -0.05) is 0 Å². The summed E-state index contributed by atoms with van der Waals surface area (Å²) in [6.45, 7) is 7.36. The van der Waals surface area contributed by atoms with E-state index in [0.29, 0.717) is 12.8 Å². The number of amides is 1. The zero-order valence-corrected chi connectivity index (χ0v) is 12.3. The van der Waals surface area contributed by atoms with Crippen molar-refractivity contribution in [1.82, 2.24) is 4.90 Å². The zero-order chi connectivity index (χ0) is 14.6. The van der Waals surface area contributed by atoms with Crippen molar-refractivity contribution in [3.05, 3.63) is 0 Å². The van der Waals surface area contributed by atoms with Gasteiger partial charge in [-0.3, -0.25) is 4.90 Å². The largest absolute Gasteiger partial charge is 0.464 e. The maximum Gasteiger partial charge on any atom is 0.413 e. The summed E-state index contributed by atoms with van der Waals surface area (Å²) in [6.07, 6.45) is 0.134. The molecule has 1 fully saturated rings. The summed E-state index contributed by atoms with van der Waals surface area (Å²) < 4.78 is 15.5. The molecule has 1 amide bonds. The first-order valence-electron chi connectivity index (χ1n) is 6.51. The number of nitrogens with zero attached hydrogens (tertiary/aromatic N) is 1.